The van der Waals surface area contributed by atoms with Gasteiger partial charge in [0.15, 0.2) is 0 Å². The van der Waals surface area contributed by atoms with Crippen LogP contribution in [0.15, 0.2) is 55.9 Å². The predicted octanol–water partition coefficient (Wildman–Crippen LogP) is 4.75. The maximum absolute atomic E-state index is 10.7. The number of benzene rings is 2. The minimum Gasteiger partial charge on any atom is -0.388 e. The van der Waals surface area contributed by atoms with Gasteiger partial charge < -0.3 is 10.8 Å². The zero-order valence-electron chi connectivity index (χ0n) is 10.6. The van der Waals surface area contributed by atoms with Crippen molar-refractivity contribution in [3.05, 3.63) is 67.0 Å². The minimum atomic E-state index is -0.660. The maximum atomic E-state index is 10.7. The van der Waals surface area contributed by atoms with Crippen molar-refractivity contribution in [1.29, 1.82) is 0 Å². The summed E-state index contributed by atoms with van der Waals surface area (Å²) in [6.07, 6.45) is -0.660. The van der Waals surface area contributed by atoms with E-state index in [1.54, 1.807) is 0 Å². The molecule has 0 aromatic heterocycles. The van der Waals surface area contributed by atoms with E-state index in [0.29, 0.717) is 6.54 Å². The molecule has 0 saturated heterocycles. The fourth-order valence-corrected chi connectivity index (χ4v) is 4.09. The van der Waals surface area contributed by atoms with E-state index in [-0.39, 0.29) is 5.92 Å². The van der Waals surface area contributed by atoms with Gasteiger partial charge >= 0.3 is 0 Å². The second-order valence-corrected chi connectivity index (χ2v) is 7.20. The average Bonchev–Trinajstić information content (AvgIpc) is 2.40. The summed E-state index contributed by atoms with van der Waals surface area (Å²) >= 11 is 10.4. The number of nitrogens with two attached hydrogens (primary N) is 1. The number of aliphatic hydroxyl groups is 1. The summed E-state index contributed by atoms with van der Waals surface area (Å²) in [6.45, 7) is 0.369. The van der Waals surface area contributed by atoms with Gasteiger partial charge in [0.1, 0.15) is 0 Å². The van der Waals surface area contributed by atoms with Gasteiger partial charge in [-0.15, -0.1) is 0 Å². The van der Waals surface area contributed by atoms with E-state index < -0.39 is 6.10 Å². The molecule has 2 nitrogen and oxygen atoms in total. The van der Waals surface area contributed by atoms with Crippen molar-refractivity contribution in [1.82, 2.24) is 0 Å². The third-order valence-corrected chi connectivity index (χ3v) is 4.80. The molecule has 0 amide bonds. The summed E-state index contributed by atoms with van der Waals surface area (Å²) in [5.41, 5.74) is 7.73. The number of halogens is 3. The topological polar surface area (TPSA) is 46.2 Å². The Labute approximate surface area is 143 Å². The molecular formula is C15H14Br3NO. The van der Waals surface area contributed by atoms with Crippen LogP contribution in [0.1, 0.15) is 23.1 Å². The van der Waals surface area contributed by atoms with Crippen LogP contribution in [0.3, 0.4) is 0 Å². The summed E-state index contributed by atoms with van der Waals surface area (Å²) in [7, 11) is 0. The highest BCUT2D eigenvalue weighted by molar-refractivity contribution is 9.11. The molecule has 0 aliphatic carbocycles. The molecule has 20 heavy (non-hydrogen) atoms. The van der Waals surface area contributed by atoms with Crippen molar-refractivity contribution in [2.75, 3.05) is 6.54 Å². The van der Waals surface area contributed by atoms with Gasteiger partial charge in [-0.2, -0.15) is 0 Å². The van der Waals surface area contributed by atoms with Gasteiger partial charge in [0, 0.05) is 25.9 Å². The molecule has 2 rings (SSSR count). The van der Waals surface area contributed by atoms with Gasteiger partial charge in [0.25, 0.3) is 0 Å². The first-order chi connectivity index (χ1) is 9.52. The Bertz CT molecular complexity index is 583. The summed E-state index contributed by atoms with van der Waals surface area (Å²) in [4.78, 5) is 0. The Morgan fingerprint density at radius 1 is 1.00 bits per heavy atom. The monoisotopic (exact) mass is 461 g/mol. The van der Waals surface area contributed by atoms with Crippen LogP contribution in [0.25, 0.3) is 0 Å². The molecule has 0 aliphatic heterocycles. The Kier molecular flexibility index (Phi) is 5.81. The molecule has 2 atom stereocenters. The first kappa shape index (κ1) is 16.2. The summed E-state index contributed by atoms with van der Waals surface area (Å²) < 4.78 is 2.80. The van der Waals surface area contributed by atoms with Crippen LogP contribution in [0.4, 0.5) is 0 Å². The number of hydrogen-bond acceptors (Lipinski definition) is 2. The zero-order valence-corrected chi connectivity index (χ0v) is 15.3. The van der Waals surface area contributed by atoms with E-state index in [4.69, 9.17) is 5.73 Å². The van der Waals surface area contributed by atoms with Gasteiger partial charge in [-0.05, 0) is 35.4 Å². The molecule has 0 spiro atoms. The molecule has 2 aromatic rings. The normalized spacial score (nSPS) is 14.1. The van der Waals surface area contributed by atoms with Gasteiger partial charge in [0.05, 0.1) is 6.10 Å². The van der Waals surface area contributed by atoms with Crippen molar-refractivity contribution in [3.8, 4) is 0 Å². The third kappa shape index (κ3) is 3.71. The molecule has 0 fully saturated rings. The highest BCUT2D eigenvalue weighted by Crippen LogP contribution is 2.36. The van der Waals surface area contributed by atoms with E-state index in [1.165, 1.54) is 0 Å². The highest BCUT2D eigenvalue weighted by Gasteiger charge is 2.23. The molecule has 0 saturated carbocycles. The average molecular weight is 464 g/mol. The molecule has 106 valence electrons. The Hall–Kier alpha value is -0.200. The quantitative estimate of drug-likeness (QED) is 0.687. The summed E-state index contributed by atoms with van der Waals surface area (Å²) in [5.74, 6) is -0.160. The Morgan fingerprint density at radius 3 is 2.15 bits per heavy atom. The number of hydrogen-bond donors (Lipinski definition) is 2. The van der Waals surface area contributed by atoms with Crippen LogP contribution >= 0.6 is 47.8 Å². The van der Waals surface area contributed by atoms with Crippen molar-refractivity contribution in [2.45, 2.75) is 12.0 Å². The van der Waals surface area contributed by atoms with Crippen LogP contribution in [-0.4, -0.2) is 11.7 Å². The van der Waals surface area contributed by atoms with Crippen LogP contribution in [0, 0.1) is 0 Å². The van der Waals surface area contributed by atoms with Gasteiger partial charge in [-0.1, -0.05) is 66.0 Å². The van der Waals surface area contributed by atoms with Crippen molar-refractivity contribution in [2.24, 2.45) is 5.73 Å². The largest absolute Gasteiger partial charge is 0.388 e. The Morgan fingerprint density at radius 2 is 1.60 bits per heavy atom. The van der Waals surface area contributed by atoms with Gasteiger partial charge in [-0.25, -0.2) is 0 Å². The molecule has 0 bridgehead atoms. The lowest BCUT2D eigenvalue weighted by Crippen LogP contribution is -2.20. The lowest BCUT2D eigenvalue weighted by atomic mass is 9.89. The highest BCUT2D eigenvalue weighted by atomic mass is 79.9. The molecule has 3 N–H and O–H groups in total. The van der Waals surface area contributed by atoms with Crippen molar-refractivity contribution in [3.63, 3.8) is 0 Å². The smallest absolute Gasteiger partial charge is 0.0871 e. The molecule has 5 heteroatoms. The van der Waals surface area contributed by atoms with Crippen LogP contribution in [0.2, 0.25) is 0 Å². The lowest BCUT2D eigenvalue weighted by Gasteiger charge is -2.23. The summed E-state index contributed by atoms with van der Waals surface area (Å²) in [6, 6.07) is 13.6. The van der Waals surface area contributed by atoms with E-state index in [1.807, 2.05) is 42.5 Å². The first-order valence-electron chi connectivity index (χ1n) is 6.11. The van der Waals surface area contributed by atoms with Gasteiger partial charge in [0.2, 0.25) is 0 Å². The fraction of sp³-hybridized carbons (Fsp3) is 0.200. The molecule has 2 aromatic carbocycles. The van der Waals surface area contributed by atoms with E-state index >= 15 is 0 Å². The standard InChI is InChI=1S/C15H14Br3NO/c16-10-5-9(6-11(17)7-10)15(20)13(8-19)12-3-1-2-4-14(12)18/h1-7,13,15,20H,8,19H2. The third-order valence-electron chi connectivity index (χ3n) is 3.17. The van der Waals surface area contributed by atoms with Gasteiger partial charge in [-0.3, -0.25) is 0 Å². The Balaban J connectivity index is 2.39. The molecular weight excluding hydrogens is 450 g/mol. The fourth-order valence-electron chi connectivity index (χ4n) is 2.18. The second kappa shape index (κ2) is 7.18. The molecule has 2 unspecified atom stereocenters. The number of aliphatic hydroxyl groups excluding tert-OH is 1. The van der Waals surface area contributed by atoms with Crippen LogP contribution in [-0.2, 0) is 0 Å². The number of rotatable bonds is 4. The molecule has 0 heterocycles. The SMILES string of the molecule is NCC(c1ccccc1Br)C(O)c1cc(Br)cc(Br)c1. The molecule has 0 radical (unpaired) electrons. The molecule has 0 aliphatic rings. The van der Waals surface area contributed by atoms with E-state index in [2.05, 4.69) is 47.8 Å². The van der Waals surface area contributed by atoms with Crippen LogP contribution < -0.4 is 5.73 Å². The first-order valence-corrected chi connectivity index (χ1v) is 8.49. The lowest BCUT2D eigenvalue weighted by molar-refractivity contribution is 0.147. The second-order valence-electron chi connectivity index (χ2n) is 4.51. The van der Waals surface area contributed by atoms with E-state index in [0.717, 1.165) is 24.5 Å². The predicted molar refractivity (Wildman–Crippen MR) is 92.7 cm³/mol. The zero-order chi connectivity index (χ0) is 14.7. The van der Waals surface area contributed by atoms with Crippen LogP contribution in [0.5, 0.6) is 0 Å². The van der Waals surface area contributed by atoms with E-state index in [9.17, 15) is 5.11 Å². The minimum absolute atomic E-state index is 0.160. The van der Waals surface area contributed by atoms with Crippen molar-refractivity contribution >= 4 is 47.8 Å². The maximum Gasteiger partial charge on any atom is 0.0871 e. The summed E-state index contributed by atoms with van der Waals surface area (Å²) in [5, 5.41) is 10.7. The van der Waals surface area contributed by atoms with Crippen molar-refractivity contribution < 1.29 is 5.11 Å².